The van der Waals surface area contributed by atoms with Crippen molar-refractivity contribution in [1.82, 2.24) is 10.2 Å². The first-order valence-electron chi connectivity index (χ1n) is 9.66. The smallest absolute Gasteiger partial charge is 0.261 e. The Labute approximate surface area is 174 Å². The molecular formula is C21H25ClN2OS2. The van der Waals surface area contributed by atoms with Crippen LogP contribution in [0, 0.1) is 5.92 Å². The normalized spacial score (nSPS) is 19.4. The highest BCUT2D eigenvalue weighted by Gasteiger charge is 2.22. The van der Waals surface area contributed by atoms with E-state index in [9.17, 15) is 4.79 Å². The van der Waals surface area contributed by atoms with Gasteiger partial charge in [0.15, 0.2) is 0 Å². The molecule has 1 unspecified atom stereocenters. The minimum Gasteiger partial charge on any atom is -0.351 e. The van der Waals surface area contributed by atoms with Crippen LogP contribution < -0.4 is 5.32 Å². The molecule has 144 valence electrons. The van der Waals surface area contributed by atoms with Crippen LogP contribution in [0.2, 0.25) is 5.02 Å². The van der Waals surface area contributed by atoms with Crippen molar-refractivity contribution in [1.29, 1.82) is 0 Å². The van der Waals surface area contributed by atoms with Crippen LogP contribution in [0.25, 0.3) is 10.4 Å². The maximum absolute atomic E-state index is 12.6. The van der Waals surface area contributed by atoms with Crippen molar-refractivity contribution in [2.75, 3.05) is 26.2 Å². The van der Waals surface area contributed by atoms with E-state index in [2.05, 4.69) is 29.3 Å². The van der Waals surface area contributed by atoms with Gasteiger partial charge in [-0.1, -0.05) is 24.6 Å². The summed E-state index contributed by atoms with van der Waals surface area (Å²) in [6.45, 7) is 6.56. The molecule has 1 aromatic carbocycles. The molecule has 2 aliphatic rings. The topological polar surface area (TPSA) is 32.3 Å². The molecule has 0 spiro atoms. The molecule has 3 nitrogen and oxygen atoms in total. The third-order valence-electron chi connectivity index (χ3n) is 5.28. The number of nitrogens with zero attached hydrogens (tertiary/aromatic N) is 1. The van der Waals surface area contributed by atoms with E-state index in [1.165, 1.54) is 46.8 Å². The van der Waals surface area contributed by atoms with Gasteiger partial charge in [-0.3, -0.25) is 4.79 Å². The second kappa shape index (κ2) is 8.56. The molecule has 1 atom stereocenters. The van der Waals surface area contributed by atoms with Crippen molar-refractivity contribution in [3.8, 4) is 10.4 Å². The molecule has 1 aromatic heterocycles. The number of carbonyl (C=O) groups excluding carboxylic acids is 1. The standard InChI is InChI=1S/C21H25ClN2OS2/c1-14-4-2-8-24(12-14)9-3-7-23-21(25)19-10-15-13-26-18-11-16(22)5-6-17(18)20(15)27-19/h5-6,10-11,14H,2-4,7-9,12-13H2,1H3,(H,23,25). The molecular weight excluding hydrogens is 396 g/mol. The lowest BCUT2D eigenvalue weighted by Crippen LogP contribution is -2.36. The number of likely N-dealkylation sites (tertiary alicyclic amines) is 1. The van der Waals surface area contributed by atoms with Crippen LogP contribution in [-0.4, -0.2) is 37.0 Å². The van der Waals surface area contributed by atoms with Crippen LogP contribution in [0.4, 0.5) is 0 Å². The van der Waals surface area contributed by atoms with E-state index in [1.807, 2.05) is 12.1 Å². The number of carbonyl (C=O) groups is 1. The Morgan fingerprint density at radius 3 is 3.11 bits per heavy atom. The summed E-state index contributed by atoms with van der Waals surface area (Å²) in [4.78, 5) is 18.4. The maximum Gasteiger partial charge on any atom is 0.261 e. The predicted molar refractivity (Wildman–Crippen MR) is 116 cm³/mol. The zero-order valence-electron chi connectivity index (χ0n) is 15.6. The fraction of sp³-hybridized carbons (Fsp3) is 0.476. The van der Waals surface area contributed by atoms with E-state index in [0.29, 0.717) is 0 Å². The number of fused-ring (bicyclic) bond motifs is 3. The molecule has 0 radical (unpaired) electrons. The Kier molecular flexibility index (Phi) is 6.12. The van der Waals surface area contributed by atoms with Crippen LogP contribution in [0.1, 0.15) is 41.4 Å². The molecule has 1 fully saturated rings. The number of benzene rings is 1. The highest BCUT2D eigenvalue weighted by Crippen LogP contribution is 2.46. The predicted octanol–water partition coefficient (Wildman–Crippen LogP) is 5.53. The largest absolute Gasteiger partial charge is 0.351 e. The molecule has 4 rings (SSSR count). The van der Waals surface area contributed by atoms with Gasteiger partial charge in [0, 0.05) is 39.2 Å². The molecule has 27 heavy (non-hydrogen) atoms. The number of thiophene rings is 1. The summed E-state index contributed by atoms with van der Waals surface area (Å²) in [7, 11) is 0. The minimum atomic E-state index is 0.0573. The monoisotopic (exact) mass is 420 g/mol. The number of halogens is 1. The molecule has 2 aromatic rings. The van der Waals surface area contributed by atoms with E-state index < -0.39 is 0 Å². The van der Waals surface area contributed by atoms with Crippen molar-refractivity contribution < 1.29 is 4.79 Å². The lowest BCUT2D eigenvalue weighted by molar-refractivity contribution is 0.0954. The van der Waals surface area contributed by atoms with Crippen LogP contribution in [0.5, 0.6) is 0 Å². The Hall–Kier alpha value is -1.01. The second-order valence-electron chi connectivity index (χ2n) is 7.55. The van der Waals surface area contributed by atoms with Gasteiger partial charge in [-0.05, 0) is 62.0 Å². The Bertz CT molecular complexity index is 836. The fourth-order valence-corrected chi connectivity index (χ4v) is 6.52. The molecule has 1 N–H and O–H groups in total. The number of hydrogen-bond donors (Lipinski definition) is 1. The minimum absolute atomic E-state index is 0.0573. The fourth-order valence-electron chi connectivity index (χ4n) is 3.92. The number of rotatable bonds is 5. The number of piperidine rings is 1. The SMILES string of the molecule is CC1CCCN(CCCNC(=O)c2cc3c(s2)-c2ccc(Cl)cc2SC3)C1. The third-order valence-corrected chi connectivity index (χ3v) is 7.83. The van der Waals surface area contributed by atoms with E-state index in [1.54, 1.807) is 23.1 Å². The summed E-state index contributed by atoms with van der Waals surface area (Å²) < 4.78 is 0. The molecule has 2 aliphatic heterocycles. The average Bonchev–Trinajstić information content (AvgIpc) is 3.09. The van der Waals surface area contributed by atoms with E-state index in [4.69, 9.17) is 11.6 Å². The van der Waals surface area contributed by atoms with Crippen LogP contribution in [0.15, 0.2) is 29.2 Å². The van der Waals surface area contributed by atoms with Gasteiger partial charge >= 0.3 is 0 Å². The maximum atomic E-state index is 12.6. The van der Waals surface area contributed by atoms with Gasteiger partial charge in [-0.25, -0.2) is 0 Å². The first-order chi connectivity index (χ1) is 13.1. The molecule has 1 amide bonds. The molecule has 3 heterocycles. The zero-order valence-corrected chi connectivity index (χ0v) is 18.0. The van der Waals surface area contributed by atoms with Gasteiger partial charge in [0.2, 0.25) is 0 Å². The van der Waals surface area contributed by atoms with Gasteiger partial charge in [0.25, 0.3) is 5.91 Å². The molecule has 6 heteroatoms. The van der Waals surface area contributed by atoms with Crippen LogP contribution in [0.3, 0.4) is 0 Å². The van der Waals surface area contributed by atoms with Gasteiger partial charge < -0.3 is 10.2 Å². The molecule has 1 saturated heterocycles. The quantitative estimate of drug-likeness (QED) is 0.645. The molecule has 0 saturated carbocycles. The molecule has 0 aliphatic carbocycles. The van der Waals surface area contributed by atoms with Crippen molar-refractivity contribution in [3.05, 3.63) is 39.7 Å². The summed E-state index contributed by atoms with van der Waals surface area (Å²) in [5.41, 5.74) is 2.46. The van der Waals surface area contributed by atoms with Crippen molar-refractivity contribution in [2.45, 2.75) is 36.8 Å². The van der Waals surface area contributed by atoms with Gasteiger partial charge in [-0.2, -0.15) is 0 Å². The third kappa shape index (κ3) is 4.53. The lowest BCUT2D eigenvalue weighted by Gasteiger charge is -2.30. The summed E-state index contributed by atoms with van der Waals surface area (Å²) in [6.07, 6.45) is 3.67. The lowest BCUT2D eigenvalue weighted by atomic mass is 10.0. The number of hydrogen-bond acceptors (Lipinski definition) is 4. The van der Waals surface area contributed by atoms with Gasteiger partial charge in [-0.15, -0.1) is 23.1 Å². The van der Waals surface area contributed by atoms with Gasteiger partial charge in [0.05, 0.1) is 4.88 Å². The average molecular weight is 421 g/mol. The number of nitrogens with one attached hydrogen (secondary N) is 1. The highest BCUT2D eigenvalue weighted by molar-refractivity contribution is 7.98. The van der Waals surface area contributed by atoms with Crippen molar-refractivity contribution in [3.63, 3.8) is 0 Å². The van der Waals surface area contributed by atoms with E-state index >= 15 is 0 Å². The van der Waals surface area contributed by atoms with E-state index in [-0.39, 0.29) is 5.91 Å². The van der Waals surface area contributed by atoms with Crippen LogP contribution in [-0.2, 0) is 5.75 Å². The first-order valence-corrected chi connectivity index (χ1v) is 11.8. The van der Waals surface area contributed by atoms with Gasteiger partial charge in [0.1, 0.15) is 0 Å². The number of amides is 1. The highest BCUT2D eigenvalue weighted by atomic mass is 35.5. The Morgan fingerprint density at radius 1 is 1.37 bits per heavy atom. The second-order valence-corrected chi connectivity index (χ2v) is 10.1. The summed E-state index contributed by atoms with van der Waals surface area (Å²) in [5, 5.41) is 3.87. The molecule has 0 bridgehead atoms. The van der Waals surface area contributed by atoms with Crippen LogP contribution >= 0.6 is 34.7 Å². The van der Waals surface area contributed by atoms with E-state index in [0.717, 1.165) is 41.1 Å². The Morgan fingerprint density at radius 2 is 2.26 bits per heavy atom. The summed E-state index contributed by atoms with van der Waals surface area (Å²) in [5.74, 6) is 1.77. The van der Waals surface area contributed by atoms with Crippen molar-refractivity contribution in [2.24, 2.45) is 5.92 Å². The van der Waals surface area contributed by atoms with Crippen molar-refractivity contribution >= 4 is 40.6 Å². The first kappa shape index (κ1) is 19.3. The summed E-state index contributed by atoms with van der Waals surface area (Å²) >= 11 is 9.51. The number of thioether (sulfide) groups is 1. The Balaban J connectivity index is 1.33. The summed E-state index contributed by atoms with van der Waals surface area (Å²) in [6, 6.07) is 8.08. The zero-order chi connectivity index (χ0) is 18.8.